The molecular weight excluding hydrogens is 170 g/mol. The second-order valence-electron chi connectivity index (χ2n) is 3.48. The lowest BCUT2D eigenvalue weighted by molar-refractivity contribution is -0.137. The van der Waals surface area contributed by atoms with Gasteiger partial charge in [-0.05, 0) is 27.3 Å². The summed E-state index contributed by atoms with van der Waals surface area (Å²) in [7, 11) is 1.90. The molecule has 0 aliphatic carbocycles. The average molecular weight is 189 g/mol. The minimum absolute atomic E-state index is 0.0868. The summed E-state index contributed by atoms with van der Waals surface area (Å²) >= 11 is 0. The van der Waals surface area contributed by atoms with E-state index in [0.717, 1.165) is 0 Å². The zero-order valence-electron chi connectivity index (χ0n) is 8.53. The minimum Gasteiger partial charge on any atom is -0.481 e. The van der Waals surface area contributed by atoms with Crippen molar-refractivity contribution in [3.05, 3.63) is 0 Å². The SMILES string of the molecule is CC(CO)N(C)C(C)CCC(=O)O. The maximum absolute atomic E-state index is 10.3. The number of carbonyl (C=O) groups is 1. The van der Waals surface area contributed by atoms with Gasteiger partial charge in [-0.2, -0.15) is 0 Å². The van der Waals surface area contributed by atoms with Crippen LogP contribution in [0.2, 0.25) is 0 Å². The van der Waals surface area contributed by atoms with Crippen LogP contribution in [0.3, 0.4) is 0 Å². The molecular formula is C9H19NO3. The average Bonchev–Trinajstić information content (AvgIpc) is 2.11. The van der Waals surface area contributed by atoms with Gasteiger partial charge in [-0.3, -0.25) is 9.69 Å². The molecule has 4 nitrogen and oxygen atoms in total. The largest absolute Gasteiger partial charge is 0.481 e. The molecule has 0 aromatic carbocycles. The van der Waals surface area contributed by atoms with Gasteiger partial charge in [0.1, 0.15) is 0 Å². The molecule has 0 fully saturated rings. The normalized spacial score (nSPS) is 15.8. The Morgan fingerprint density at radius 2 is 1.92 bits per heavy atom. The van der Waals surface area contributed by atoms with Gasteiger partial charge in [0.25, 0.3) is 0 Å². The Bertz CT molecular complexity index is 161. The number of aliphatic hydroxyl groups excluding tert-OH is 1. The number of rotatable bonds is 6. The van der Waals surface area contributed by atoms with E-state index in [2.05, 4.69) is 0 Å². The van der Waals surface area contributed by atoms with E-state index in [1.165, 1.54) is 0 Å². The molecule has 0 rings (SSSR count). The zero-order valence-corrected chi connectivity index (χ0v) is 8.53. The highest BCUT2D eigenvalue weighted by Crippen LogP contribution is 2.07. The zero-order chi connectivity index (χ0) is 10.4. The van der Waals surface area contributed by atoms with Crippen molar-refractivity contribution in [1.29, 1.82) is 0 Å². The van der Waals surface area contributed by atoms with Crippen LogP contribution in [0.25, 0.3) is 0 Å². The highest BCUT2D eigenvalue weighted by molar-refractivity contribution is 5.66. The van der Waals surface area contributed by atoms with Gasteiger partial charge in [-0.25, -0.2) is 0 Å². The van der Waals surface area contributed by atoms with Gasteiger partial charge in [-0.15, -0.1) is 0 Å². The van der Waals surface area contributed by atoms with Crippen LogP contribution < -0.4 is 0 Å². The number of aliphatic carboxylic acids is 1. The molecule has 2 N–H and O–H groups in total. The predicted octanol–water partition coefficient (Wildman–Crippen LogP) is 0.552. The first-order valence-corrected chi connectivity index (χ1v) is 4.53. The summed E-state index contributed by atoms with van der Waals surface area (Å²) in [4.78, 5) is 12.3. The summed E-state index contributed by atoms with van der Waals surface area (Å²) in [6.07, 6.45) is 0.805. The molecule has 4 heteroatoms. The van der Waals surface area contributed by atoms with E-state index in [4.69, 9.17) is 10.2 Å². The fraction of sp³-hybridized carbons (Fsp3) is 0.889. The van der Waals surface area contributed by atoms with Gasteiger partial charge in [-0.1, -0.05) is 0 Å². The summed E-state index contributed by atoms with van der Waals surface area (Å²) in [6, 6.07) is 0.280. The van der Waals surface area contributed by atoms with Crippen molar-refractivity contribution in [3.63, 3.8) is 0 Å². The summed E-state index contributed by atoms with van der Waals surface area (Å²) in [5.41, 5.74) is 0. The van der Waals surface area contributed by atoms with Crippen LogP contribution in [0, 0.1) is 0 Å². The lowest BCUT2D eigenvalue weighted by Crippen LogP contribution is -2.39. The van der Waals surface area contributed by atoms with Crippen LogP contribution in [0.15, 0.2) is 0 Å². The molecule has 0 heterocycles. The van der Waals surface area contributed by atoms with Crippen molar-refractivity contribution in [1.82, 2.24) is 4.90 Å². The molecule has 0 saturated carbocycles. The van der Waals surface area contributed by atoms with Gasteiger partial charge < -0.3 is 10.2 Å². The maximum atomic E-state index is 10.3. The Balaban J connectivity index is 3.81. The third-order valence-electron chi connectivity index (χ3n) is 2.43. The molecule has 0 spiro atoms. The van der Waals surface area contributed by atoms with Crippen molar-refractivity contribution in [2.75, 3.05) is 13.7 Å². The van der Waals surface area contributed by atoms with Gasteiger partial charge in [0, 0.05) is 18.5 Å². The monoisotopic (exact) mass is 189 g/mol. The van der Waals surface area contributed by atoms with Crippen LogP contribution in [-0.2, 0) is 4.79 Å². The summed E-state index contributed by atoms with van der Waals surface area (Å²) < 4.78 is 0. The van der Waals surface area contributed by atoms with Crippen LogP contribution >= 0.6 is 0 Å². The van der Waals surface area contributed by atoms with Gasteiger partial charge in [0.15, 0.2) is 0 Å². The van der Waals surface area contributed by atoms with Crippen LogP contribution in [-0.4, -0.2) is 46.8 Å². The van der Waals surface area contributed by atoms with Crippen molar-refractivity contribution < 1.29 is 15.0 Å². The molecule has 0 bridgehead atoms. The second kappa shape index (κ2) is 5.94. The number of nitrogens with zero attached hydrogens (tertiary/aromatic N) is 1. The fourth-order valence-electron chi connectivity index (χ4n) is 1.10. The van der Waals surface area contributed by atoms with E-state index in [9.17, 15) is 4.79 Å². The van der Waals surface area contributed by atoms with E-state index in [1.807, 2.05) is 25.8 Å². The lowest BCUT2D eigenvalue weighted by Gasteiger charge is -2.29. The van der Waals surface area contributed by atoms with Gasteiger partial charge in [0.05, 0.1) is 6.61 Å². The van der Waals surface area contributed by atoms with Crippen molar-refractivity contribution in [3.8, 4) is 0 Å². The Labute approximate surface area is 79.2 Å². The highest BCUT2D eigenvalue weighted by atomic mass is 16.4. The van der Waals surface area contributed by atoms with E-state index in [1.54, 1.807) is 0 Å². The quantitative estimate of drug-likeness (QED) is 0.640. The molecule has 13 heavy (non-hydrogen) atoms. The second-order valence-corrected chi connectivity index (χ2v) is 3.48. The highest BCUT2D eigenvalue weighted by Gasteiger charge is 2.15. The topological polar surface area (TPSA) is 60.8 Å². The van der Waals surface area contributed by atoms with Crippen molar-refractivity contribution in [2.45, 2.75) is 38.8 Å². The fourth-order valence-corrected chi connectivity index (χ4v) is 1.10. The first-order valence-electron chi connectivity index (χ1n) is 4.53. The van der Waals surface area contributed by atoms with E-state index in [0.29, 0.717) is 6.42 Å². The molecule has 0 saturated heterocycles. The molecule has 2 unspecified atom stereocenters. The molecule has 0 aliphatic rings. The van der Waals surface area contributed by atoms with Crippen LogP contribution in [0.5, 0.6) is 0 Å². The molecule has 0 aromatic rings. The molecule has 0 amide bonds. The summed E-state index contributed by atoms with van der Waals surface area (Å²) in [6.45, 7) is 3.99. The first kappa shape index (κ1) is 12.4. The smallest absolute Gasteiger partial charge is 0.303 e. The Morgan fingerprint density at radius 3 is 2.31 bits per heavy atom. The molecule has 0 aromatic heterocycles. The number of hydrogen-bond acceptors (Lipinski definition) is 3. The number of aliphatic hydroxyl groups is 1. The summed E-state index contributed by atoms with van der Waals surface area (Å²) in [5.74, 6) is -0.767. The van der Waals surface area contributed by atoms with Crippen LogP contribution in [0.4, 0.5) is 0 Å². The Kier molecular flexibility index (Phi) is 5.66. The number of hydrogen-bond donors (Lipinski definition) is 2. The maximum Gasteiger partial charge on any atom is 0.303 e. The Morgan fingerprint density at radius 1 is 1.38 bits per heavy atom. The van der Waals surface area contributed by atoms with Gasteiger partial charge >= 0.3 is 5.97 Å². The van der Waals surface area contributed by atoms with Crippen LogP contribution in [0.1, 0.15) is 26.7 Å². The van der Waals surface area contributed by atoms with Crippen molar-refractivity contribution in [2.24, 2.45) is 0 Å². The minimum atomic E-state index is -0.767. The van der Waals surface area contributed by atoms with Gasteiger partial charge in [0.2, 0.25) is 0 Å². The number of carboxylic acids is 1. The standard InChI is InChI=1S/C9H19NO3/c1-7(4-5-9(12)13)10(3)8(2)6-11/h7-8,11H,4-6H2,1-3H3,(H,12,13). The Hall–Kier alpha value is -0.610. The molecule has 2 atom stereocenters. The third kappa shape index (κ3) is 4.85. The molecule has 78 valence electrons. The predicted molar refractivity (Wildman–Crippen MR) is 50.6 cm³/mol. The third-order valence-corrected chi connectivity index (χ3v) is 2.43. The number of likely N-dealkylation sites (N-methyl/N-ethyl adjacent to an activating group) is 1. The number of carboxylic acid groups (broad SMARTS) is 1. The molecule has 0 radical (unpaired) electrons. The van der Waals surface area contributed by atoms with E-state index >= 15 is 0 Å². The molecule has 0 aliphatic heterocycles. The lowest BCUT2D eigenvalue weighted by atomic mass is 10.1. The van der Waals surface area contributed by atoms with E-state index < -0.39 is 5.97 Å². The first-order chi connectivity index (χ1) is 5.99. The summed E-state index contributed by atoms with van der Waals surface area (Å²) in [5, 5.41) is 17.3. The van der Waals surface area contributed by atoms with E-state index in [-0.39, 0.29) is 25.1 Å². The van der Waals surface area contributed by atoms with Crippen molar-refractivity contribution >= 4 is 5.97 Å².